The lowest BCUT2D eigenvalue weighted by atomic mass is 9.98. The SMILES string of the molecule is Cc1ccncc1-c1cc(N=C(c2ccccc2)c2ccccc2)c2cnc(NC(=O)[C@H]3C[C@@H]3N)cc2c1. The fraction of sp³-hybridized carbons (Fsp3) is 0.125. The second-order valence-corrected chi connectivity index (χ2v) is 9.66. The summed E-state index contributed by atoms with van der Waals surface area (Å²) in [5, 5.41) is 4.75. The summed E-state index contributed by atoms with van der Waals surface area (Å²) in [6, 6.07) is 28.4. The van der Waals surface area contributed by atoms with Crippen LogP contribution in [0.25, 0.3) is 21.9 Å². The van der Waals surface area contributed by atoms with Crippen LogP contribution in [-0.2, 0) is 4.79 Å². The van der Waals surface area contributed by atoms with Crippen molar-refractivity contribution < 1.29 is 4.79 Å². The van der Waals surface area contributed by atoms with Crippen LogP contribution in [0.1, 0.15) is 23.1 Å². The number of carbonyl (C=O) groups excluding carboxylic acids is 1. The van der Waals surface area contributed by atoms with Gasteiger partial charge in [-0.1, -0.05) is 60.7 Å². The van der Waals surface area contributed by atoms with Gasteiger partial charge in [-0.25, -0.2) is 9.98 Å². The number of pyridine rings is 2. The van der Waals surface area contributed by atoms with Crippen molar-refractivity contribution in [2.24, 2.45) is 16.6 Å². The van der Waals surface area contributed by atoms with Crippen molar-refractivity contribution in [2.45, 2.75) is 19.4 Å². The number of nitrogens with one attached hydrogen (secondary N) is 1. The maximum atomic E-state index is 12.5. The lowest BCUT2D eigenvalue weighted by Crippen LogP contribution is -2.19. The quantitative estimate of drug-likeness (QED) is 0.279. The number of amides is 1. The highest BCUT2D eigenvalue weighted by molar-refractivity contribution is 6.15. The molecule has 5 aromatic rings. The zero-order chi connectivity index (χ0) is 26.1. The molecule has 2 heterocycles. The molecule has 3 N–H and O–H groups in total. The van der Waals surface area contributed by atoms with Gasteiger partial charge in [0, 0.05) is 46.7 Å². The predicted octanol–water partition coefficient (Wildman–Crippen LogP) is 6.06. The summed E-state index contributed by atoms with van der Waals surface area (Å²) < 4.78 is 0. The van der Waals surface area contributed by atoms with Gasteiger partial charge in [0.15, 0.2) is 0 Å². The average Bonchev–Trinajstić information content (AvgIpc) is 3.69. The van der Waals surface area contributed by atoms with Gasteiger partial charge in [0.1, 0.15) is 5.82 Å². The number of hydrogen-bond acceptors (Lipinski definition) is 5. The van der Waals surface area contributed by atoms with E-state index in [0.717, 1.165) is 50.0 Å². The third-order valence-electron chi connectivity index (χ3n) is 6.92. The second-order valence-electron chi connectivity index (χ2n) is 9.66. The third kappa shape index (κ3) is 4.82. The van der Waals surface area contributed by atoms with Gasteiger partial charge in [0.25, 0.3) is 0 Å². The van der Waals surface area contributed by atoms with Gasteiger partial charge >= 0.3 is 0 Å². The Hall–Kier alpha value is -4.68. The molecule has 2 aromatic heterocycles. The molecule has 6 heteroatoms. The Morgan fingerprint density at radius 3 is 2.26 bits per heavy atom. The highest BCUT2D eigenvalue weighted by Gasteiger charge is 2.40. The Labute approximate surface area is 221 Å². The van der Waals surface area contributed by atoms with Crippen molar-refractivity contribution >= 4 is 33.9 Å². The Balaban J connectivity index is 1.54. The molecule has 1 aliphatic rings. The van der Waals surface area contributed by atoms with Gasteiger partial charge in [-0.05, 0) is 54.1 Å². The normalized spacial score (nSPS) is 16.2. The van der Waals surface area contributed by atoms with Crippen LogP contribution in [0.4, 0.5) is 11.5 Å². The van der Waals surface area contributed by atoms with E-state index >= 15 is 0 Å². The van der Waals surface area contributed by atoms with E-state index in [-0.39, 0.29) is 17.9 Å². The van der Waals surface area contributed by atoms with Crippen molar-refractivity contribution in [1.82, 2.24) is 9.97 Å². The van der Waals surface area contributed by atoms with E-state index in [0.29, 0.717) is 12.2 Å². The van der Waals surface area contributed by atoms with Gasteiger partial charge in [-0.2, -0.15) is 0 Å². The summed E-state index contributed by atoms with van der Waals surface area (Å²) >= 11 is 0. The van der Waals surface area contributed by atoms with Crippen molar-refractivity contribution in [3.05, 3.63) is 120 Å². The highest BCUT2D eigenvalue weighted by atomic mass is 16.2. The summed E-state index contributed by atoms with van der Waals surface area (Å²) in [5.41, 5.74) is 12.7. The fourth-order valence-corrected chi connectivity index (χ4v) is 4.66. The van der Waals surface area contributed by atoms with Gasteiger partial charge in [-0.15, -0.1) is 0 Å². The first-order valence-electron chi connectivity index (χ1n) is 12.7. The fourth-order valence-electron chi connectivity index (χ4n) is 4.66. The van der Waals surface area contributed by atoms with E-state index in [1.807, 2.05) is 54.7 Å². The molecule has 1 fully saturated rings. The van der Waals surface area contributed by atoms with E-state index in [4.69, 9.17) is 10.7 Å². The molecular weight excluding hydrogens is 470 g/mol. The zero-order valence-electron chi connectivity index (χ0n) is 21.0. The first kappa shape index (κ1) is 23.7. The topological polar surface area (TPSA) is 93.3 Å². The number of aromatic nitrogens is 2. The molecule has 1 aliphatic carbocycles. The van der Waals surface area contributed by atoms with E-state index in [9.17, 15) is 4.79 Å². The van der Waals surface area contributed by atoms with Crippen LogP contribution in [0.3, 0.4) is 0 Å². The smallest absolute Gasteiger partial charge is 0.230 e. The number of rotatable bonds is 6. The number of aliphatic imine (C=N–C) groups is 1. The van der Waals surface area contributed by atoms with Crippen LogP contribution in [-0.4, -0.2) is 27.6 Å². The third-order valence-corrected chi connectivity index (χ3v) is 6.92. The minimum atomic E-state index is -0.142. The van der Waals surface area contributed by atoms with Crippen LogP contribution >= 0.6 is 0 Å². The first-order chi connectivity index (χ1) is 18.6. The molecule has 0 saturated heterocycles. The maximum absolute atomic E-state index is 12.5. The minimum absolute atomic E-state index is 0.0639. The molecule has 3 aromatic carbocycles. The molecule has 0 bridgehead atoms. The molecule has 6 nitrogen and oxygen atoms in total. The predicted molar refractivity (Wildman–Crippen MR) is 153 cm³/mol. The van der Waals surface area contributed by atoms with Gasteiger partial charge in [0.05, 0.1) is 17.3 Å². The van der Waals surface area contributed by atoms with Crippen molar-refractivity contribution in [3.63, 3.8) is 0 Å². The maximum Gasteiger partial charge on any atom is 0.230 e. The molecule has 1 saturated carbocycles. The van der Waals surface area contributed by atoms with Crippen molar-refractivity contribution in [2.75, 3.05) is 5.32 Å². The monoisotopic (exact) mass is 497 g/mol. The van der Waals surface area contributed by atoms with Crippen LogP contribution in [0.2, 0.25) is 0 Å². The number of nitrogens with two attached hydrogens (primary N) is 1. The lowest BCUT2D eigenvalue weighted by Gasteiger charge is -2.13. The molecule has 0 radical (unpaired) electrons. The Bertz CT molecular complexity index is 1620. The van der Waals surface area contributed by atoms with E-state index in [1.54, 1.807) is 12.4 Å². The summed E-state index contributed by atoms with van der Waals surface area (Å²) in [4.78, 5) is 26.7. The molecule has 0 aliphatic heterocycles. The summed E-state index contributed by atoms with van der Waals surface area (Å²) in [6.07, 6.45) is 6.16. The molecule has 38 heavy (non-hydrogen) atoms. The molecule has 0 spiro atoms. The average molecular weight is 498 g/mol. The van der Waals surface area contributed by atoms with E-state index in [2.05, 4.69) is 58.6 Å². The van der Waals surface area contributed by atoms with Crippen molar-refractivity contribution in [1.29, 1.82) is 0 Å². The first-order valence-corrected chi connectivity index (χ1v) is 12.7. The highest BCUT2D eigenvalue weighted by Crippen LogP contribution is 2.36. The summed E-state index contributed by atoms with van der Waals surface area (Å²) in [5.74, 6) is 0.275. The number of anilines is 1. The minimum Gasteiger partial charge on any atom is -0.327 e. The summed E-state index contributed by atoms with van der Waals surface area (Å²) in [7, 11) is 0. The van der Waals surface area contributed by atoms with E-state index in [1.165, 1.54) is 0 Å². The number of nitrogens with zero attached hydrogens (tertiary/aromatic N) is 3. The number of benzene rings is 3. The van der Waals surface area contributed by atoms with Gasteiger partial charge in [-0.3, -0.25) is 9.78 Å². The number of hydrogen-bond donors (Lipinski definition) is 2. The Morgan fingerprint density at radius 1 is 0.947 bits per heavy atom. The van der Waals surface area contributed by atoms with Gasteiger partial charge < -0.3 is 11.1 Å². The van der Waals surface area contributed by atoms with Crippen LogP contribution < -0.4 is 11.1 Å². The lowest BCUT2D eigenvalue weighted by molar-refractivity contribution is -0.117. The number of carbonyl (C=O) groups is 1. The Morgan fingerprint density at radius 2 is 1.63 bits per heavy atom. The summed E-state index contributed by atoms with van der Waals surface area (Å²) in [6.45, 7) is 2.07. The molecule has 2 atom stereocenters. The van der Waals surface area contributed by atoms with E-state index < -0.39 is 0 Å². The van der Waals surface area contributed by atoms with Crippen molar-refractivity contribution in [3.8, 4) is 11.1 Å². The van der Waals surface area contributed by atoms with Gasteiger partial charge in [0.2, 0.25) is 5.91 Å². The number of aryl methyl sites for hydroxylation is 1. The largest absolute Gasteiger partial charge is 0.327 e. The zero-order valence-corrected chi connectivity index (χ0v) is 21.0. The molecule has 6 rings (SSSR count). The van der Waals surface area contributed by atoms with Crippen LogP contribution in [0.15, 0.2) is 109 Å². The molecular formula is C32H27N5O. The molecule has 1 amide bonds. The standard InChI is InChI=1S/C32H27N5O/c1-20-12-13-34-18-26(20)23-14-24-16-30(37-32(38)25-17-28(25)33)35-19-27(24)29(15-23)36-31(21-8-4-2-5-9-21)22-10-6-3-7-11-22/h2-16,18-19,25,28H,17,33H2,1H3,(H,35,37,38)/t25-,28-/m0/s1. The van der Waals surface area contributed by atoms with Crippen LogP contribution in [0.5, 0.6) is 0 Å². The van der Waals surface area contributed by atoms with Crippen LogP contribution in [0, 0.1) is 12.8 Å². The number of fused-ring (bicyclic) bond motifs is 1. The Kier molecular flexibility index (Phi) is 6.23. The second kappa shape index (κ2) is 10.00. The molecule has 0 unspecified atom stereocenters. The molecule has 186 valence electrons.